The molecule has 1 aliphatic rings. The zero-order valence-electron chi connectivity index (χ0n) is 9.79. The molecule has 1 aromatic rings. The number of hydrogen-bond donors (Lipinski definition) is 3. The molecule has 1 unspecified atom stereocenters. The molecule has 1 heterocycles. The maximum atomic E-state index is 8.84. The Balaban J connectivity index is 1.97. The van der Waals surface area contributed by atoms with E-state index in [4.69, 9.17) is 5.11 Å². The van der Waals surface area contributed by atoms with E-state index in [0.29, 0.717) is 6.04 Å². The lowest BCUT2D eigenvalue weighted by molar-refractivity contribution is 0.268. The standard InChI is InChI=1S/C13H20N2O/c1-10(6-8-16)15-9-12-4-2-3-11-5-7-14-13(11)12/h2-4,10,14-16H,5-9H2,1H3. The average Bonchev–Trinajstić information content (AvgIpc) is 2.75. The van der Waals surface area contributed by atoms with Crippen molar-refractivity contribution in [3.05, 3.63) is 29.3 Å². The highest BCUT2D eigenvalue weighted by Crippen LogP contribution is 2.26. The van der Waals surface area contributed by atoms with Crippen LogP contribution >= 0.6 is 0 Å². The largest absolute Gasteiger partial charge is 0.396 e. The Kier molecular flexibility index (Phi) is 3.80. The first-order valence-corrected chi connectivity index (χ1v) is 6.00. The van der Waals surface area contributed by atoms with Crippen molar-refractivity contribution in [1.82, 2.24) is 5.32 Å². The van der Waals surface area contributed by atoms with Crippen LogP contribution in [0.15, 0.2) is 18.2 Å². The Morgan fingerprint density at radius 1 is 1.50 bits per heavy atom. The molecular weight excluding hydrogens is 200 g/mol. The molecule has 3 nitrogen and oxygen atoms in total. The predicted octanol–water partition coefficient (Wildman–Crippen LogP) is 1.52. The van der Waals surface area contributed by atoms with Crippen LogP contribution in [0.5, 0.6) is 0 Å². The molecule has 0 bridgehead atoms. The van der Waals surface area contributed by atoms with Crippen molar-refractivity contribution in [3.63, 3.8) is 0 Å². The van der Waals surface area contributed by atoms with Gasteiger partial charge in [0.25, 0.3) is 0 Å². The Morgan fingerprint density at radius 2 is 2.38 bits per heavy atom. The maximum absolute atomic E-state index is 8.84. The van der Waals surface area contributed by atoms with Crippen molar-refractivity contribution in [2.24, 2.45) is 0 Å². The van der Waals surface area contributed by atoms with Crippen molar-refractivity contribution < 1.29 is 5.11 Å². The number of nitrogens with one attached hydrogen (secondary N) is 2. The van der Waals surface area contributed by atoms with Crippen LogP contribution < -0.4 is 10.6 Å². The van der Waals surface area contributed by atoms with E-state index in [2.05, 4.69) is 35.8 Å². The van der Waals surface area contributed by atoms with Gasteiger partial charge in [-0.15, -0.1) is 0 Å². The van der Waals surface area contributed by atoms with Crippen LogP contribution in [0.25, 0.3) is 0 Å². The molecule has 0 amide bonds. The average molecular weight is 220 g/mol. The molecular formula is C13H20N2O. The van der Waals surface area contributed by atoms with Crippen molar-refractivity contribution >= 4 is 5.69 Å². The fraction of sp³-hybridized carbons (Fsp3) is 0.538. The third-order valence-corrected chi connectivity index (χ3v) is 3.14. The van der Waals surface area contributed by atoms with Crippen LogP contribution in [0.2, 0.25) is 0 Å². The Bertz CT molecular complexity index is 352. The van der Waals surface area contributed by atoms with Crippen LogP contribution in [0.3, 0.4) is 0 Å². The topological polar surface area (TPSA) is 44.3 Å². The van der Waals surface area contributed by atoms with Crippen molar-refractivity contribution in [1.29, 1.82) is 0 Å². The first-order valence-electron chi connectivity index (χ1n) is 6.00. The molecule has 88 valence electrons. The van der Waals surface area contributed by atoms with Crippen LogP contribution in [0, 0.1) is 0 Å². The van der Waals surface area contributed by atoms with Gasteiger partial charge in [-0.25, -0.2) is 0 Å². The van der Waals surface area contributed by atoms with E-state index in [9.17, 15) is 0 Å². The smallest absolute Gasteiger partial charge is 0.0445 e. The lowest BCUT2D eigenvalue weighted by atomic mass is 10.1. The molecule has 0 aliphatic carbocycles. The van der Waals surface area contributed by atoms with E-state index in [1.165, 1.54) is 16.8 Å². The van der Waals surface area contributed by atoms with E-state index in [1.807, 2.05) is 0 Å². The van der Waals surface area contributed by atoms with Gasteiger partial charge in [-0.05, 0) is 30.9 Å². The minimum Gasteiger partial charge on any atom is -0.396 e. The number of anilines is 1. The minimum absolute atomic E-state index is 0.249. The summed E-state index contributed by atoms with van der Waals surface area (Å²) in [6, 6.07) is 6.84. The molecule has 0 fully saturated rings. The highest BCUT2D eigenvalue weighted by atomic mass is 16.3. The summed E-state index contributed by atoms with van der Waals surface area (Å²) in [5.41, 5.74) is 4.07. The monoisotopic (exact) mass is 220 g/mol. The second-order valence-corrected chi connectivity index (χ2v) is 4.42. The van der Waals surface area contributed by atoms with Gasteiger partial charge in [0.1, 0.15) is 0 Å². The molecule has 0 saturated carbocycles. The number of para-hydroxylation sites is 1. The van der Waals surface area contributed by atoms with Gasteiger partial charge in [-0.2, -0.15) is 0 Å². The normalized spacial score (nSPS) is 15.6. The highest BCUT2D eigenvalue weighted by molar-refractivity contribution is 5.61. The van der Waals surface area contributed by atoms with E-state index in [-0.39, 0.29) is 6.61 Å². The number of hydrogen-bond acceptors (Lipinski definition) is 3. The molecule has 0 radical (unpaired) electrons. The summed E-state index contributed by atoms with van der Waals surface area (Å²) in [4.78, 5) is 0. The summed E-state index contributed by atoms with van der Waals surface area (Å²) >= 11 is 0. The van der Waals surface area contributed by atoms with Crippen LogP contribution in [0.1, 0.15) is 24.5 Å². The summed E-state index contributed by atoms with van der Waals surface area (Å²) in [5, 5.41) is 15.7. The van der Waals surface area contributed by atoms with Crippen LogP contribution in [-0.2, 0) is 13.0 Å². The molecule has 0 spiro atoms. The molecule has 1 aromatic carbocycles. The maximum Gasteiger partial charge on any atom is 0.0445 e. The number of benzene rings is 1. The van der Waals surface area contributed by atoms with Crippen molar-refractivity contribution in [3.8, 4) is 0 Å². The predicted molar refractivity (Wildman–Crippen MR) is 66.6 cm³/mol. The van der Waals surface area contributed by atoms with E-state index in [0.717, 1.165) is 25.9 Å². The van der Waals surface area contributed by atoms with E-state index in [1.54, 1.807) is 0 Å². The fourth-order valence-electron chi connectivity index (χ4n) is 2.14. The second-order valence-electron chi connectivity index (χ2n) is 4.42. The molecule has 3 N–H and O–H groups in total. The van der Waals surface area contributed by atoms with Gasteiger partial charge in [0.15, 0.2) is 0 Å². The van der Waals surface area contributed by atoms with Gasteiger partial charge in [-0.3, -0.25) is 0 Å². The molecule has 3 heteroatoms. The van der Waals surface area contributed by atoms with Crippen molar-refractivity contribution in [2.75, 3.05) is 18.5 Å². The van der Waals surface area contributed by atoms with Crippen LogP contribution in [0.4, 0.5) is 5.69 Å². The van der Waals surface area contributed by atoms with Gasteiger partial charge in [0, 0.05) is 31.4 Å². The Morgan fingerprint density at radius 3 is 3.19 bits per heavy atom. The second kappa shape index (κ2) is 5.32. The highest BCUT2D eigenvalue weighted by Gasteiger charge is 2.13. The zero-order valence-corrected chi connectivity index (χ0v) is 9.79. The van der Waals surface area contributed by atoms with Gasteiger partial charge in [0.2, 0.25) is 0 Å². The summed E-state index contributed by atoms with van der Waals surface area (Å²) in [6.07, 6.45) is 1.94. The first kappa shape index (κ1) is 11.4. The summed E-state index contributed by atoms with van der Waals surface area (Å²) < 4.78 is 0. The number of aliphatic hydroxyl groups is 1. The number of aliphatic hydroxyl groups excluding tert-OH is 1. The lowest BCUT2D eigenvalue weighted by Gasteiger charge is -2.14. The number of rotatable bonds is 5. The molecule has 0 saturated heterocycles. The fourth-order valence-corrected chi connectivity index (χ4v) is 2.14. The third-order valence-electron chi connectivity index (χ3n) is 3.14. The van der Waals surface area contributed by atoms with Gasteiger partial charge in [-0.1, -0.05) is 18.2 Å². The first-order chi connectivity index (χ1) is 7.81. The summed E-state index contributed by atoms with van der Waals surface area (Å²) in [6.45, 7) is 4.28. The lowest BCUT2D eigenvalue weighted by Crippen LogP contribution is -2.26. The Hall–Kier alpha value is -1.06. The Labute approximate surface area is 96.9 Å². The third kappa shape index (κ3) is 2.54. The molecule has 16 heavy (non-hydrogen) atoms. The van der Waals surface area contributed by atoms with Gasteiger partial charge >= 0.3 is 0 Å². The molecule has 2 rings (SSSR count). The molecule has 1 aliphatic heterocycles. The molecule has 1 atom stereocenters. The van der Waals surface area contributed by atoms with Crippen molar-refractivity contribution in [2.45, 2.75) is 32.4 Å². The number of fused-ring (bicyclic) bond motifs is 1. The van der Waals surface area contributed by atoms with Crippen LogP contribution in [-0.4, -0.2) is 24.3 Å². The summed E-state index contributed by atoms with van der Waals surface area (Å²) in [5.74, 6) is 0. The van der Waals surface area contributed by atoms with Gasteiger partial charge < -0.3 is 15.7 Å². The van der Waals surface area contributed by atoms with Gasteiger partial charge in [0.05, 0.1) is 0 Å². The SMILES string of the molecule is CC(CCO)NCc1cccc2c1NCC2. The quantitative estimate of drug-likeness (QED) is 0.705. The molecule has 0 aromatic heterocycles. The zero-order chi connectivity index (χ0) is 11.4. The van der Waals surface area contributed by atoms with E-state index >= 15 is 0 Å². The van der Waals surface area contributed by atoms with E-state index < -0.39 is 0 Å². The minimum atomic E-state index is 0.249. The summed E-state index contributed by atoms with van der Waals surface area (Å²) in [7, 11) is 0.